The molecule has 2 aromatic rings. The first-order chi connectivity index (χ1) is 11.2. The van der Waals surface area contributed by atoms with Gasteiger partial charge in [0.05, 0.1) is 11.9 Å². The molecule has 7 nitrogen and oxygen atoms in total. The molecule has 2 atom stereocenters. The zero-order chi connectivity index (χ0) is 16.1. The molecule has 2 aromatic heterocycles. The predicted octanol–water partition coefficient (Wildman–Crippen LogP) is 2.47. The van der Waals surface area contributed by atoms with Gasteiger partial charge in [0.15, 0.2) is 5.82 Å². The lowest BCUT2D eigenvalue weighted by Crippen LogP contribution is -2.34. The van der Waals surface area contributed by atoms with Crippen molar-refractivity contribution in [3.05, 3.63) is 31.0 Å². The molecule has 3 heterocycles. The van der Waals surface area contributed by atoms with E-state index in [1.165, 1.54) is 19.2 Å². The number of nitrogens with zero attached hydrogens (tertiary/aromatic N) is 4. The molecule has 1 aliphatic heterocycles. The minimum atomic E-state index is 0. The van der Waals surface area contributed by atoms with Crippen molar-refractivity contribution in [2.45, 2.75) is 26.2 Å². The number of halogens is 2. The molecule has 0 radical (unpaired) electrons. The Morgan fingerprint density at radius 2 is 2.28 bits per heavy atom. The van der Waals surface area contributed by atoms with E-state index in [1.54, 1.807) is 23.3 Å². The molecule has 3 rings (SSSR count). The molecule has 1 amide bonds. The number of anilines is 1. The first-order valence-electron chi connectivity index (χ1n) is 8.04. The highest BCUT2D eigenvalue weighted by Gasteiger charge is 2.22. The predicted molar refractivity (Wildman–Crippen MR) is 102 cm³/mol. The standard InChI is InChI=1S/C16H22N6O.2ClH/c1-12(13-3-2-6-17-8-13)7-16(23)21-14-4-5-15(19-9-14)22-11-18-10-20-22;;/h4-5,9-13,17H,2-3,6-8H2,1H3,(H,21,23);2*1H. The van der Waals surface area contributed by atoms with Crippen LogP contribution in [-0.2, 0) is 4.79 Å². The molecule has 0 aromatic carbocycles. The smallest absolute Gasteiger partial charge is 0.224 e. The number of aromatic nitrogens is 4. The maximum Gasteiger partial charge on any atom is 0.224 e. The molecule has 0 aliphatic carbocycles. The van der Waals surface area contributed by atoms with Crippen LogP contribution in [0.5, 0.6) is 0 Å². The summed E-state index contributed by atoms with van der Waals surface area (Å²) in [6, 6.07) is 3.63. The van der Waals surface area contributed by atoms with Gasteiger partial charge in [-0.1, -0.05) is 6.92 Å². The Morgan fingerprint density at radius 3 is 2.88 bits per heavy atom. The highest BCUT2D eigenvalue weighted by atomic mass is 35.5. The van der Waals surface area contributed by atoms with Gasteiger partial charge in [0.2, 0.25) is 5.91 Å². The second-order valence-electron chi connectivity index (χ2n) is 6.08. The first kappa shape index (κ1) is 21.3. The Bertz CT molecular complexity index is 629. The maximum atomic E-state index is 12.2. The summed E-state index contributed by atoms with van der Waals surface area (Å²) in [5.74, 6) is 1.67. The van der Waals surface area contributed by atoms with Gasteiger partial charge in [-0.25, -0.2) is 14.6 Å². The summed E-state index contributed by atoms with van der Waals surface area (Å²) in [6.45, 7) is 4.27. The van der Waals surface area contributed by atoms with Gasteiger partial charge in [-0.2, -0.15) is 5.10 Å². The van der Waals surface area contributed by atoms with Gasteiger partial charge >= 0.3 is 0 Å². The fourth-order valence-corrected chi connectivity index (χ4v) is 2.96. The molecule has 25 heavy (non-hydrogen) atoms. The first-order valence-corrected chi connectivity index (χ1v) is 8.04. The number of hydrogen-bond acceptors (Lipinski definition) is 5. The third kappa shape index (κ3) is 5.95. The van der Waals surface area contributed by atoms with E-state index >= 15 is 0 Å². The van der Waals surface area contributed by atoms with Gasteiger partial charge in [-0.15, -0.1) is 24.8 Å². The van der Waals surface area contributed by atoms with Crippen LogP contribution >= 0.6 is 24.8 Å². The molecule has 2 unspecified atom stereocenters. The van der Waals surface area contributed by atoms with Crippen molar-refractivity contribution in [1.29, 1.82) is 0 Å². The van der Waals surface area contributed by atoms with Crippen molar-refractivity contribution in [3.63, 3.8) is 0 Å². The van der Waals surface area contributed by atoms with Crippen LogP contribution in [0.15, 0.2) is 31.0 Å². The van der Waals surface area contributed by atoms with Crippen LogP contribution in [0.1, 0.15) is 26.2 Å². The summed E-state index contributed by atoms with van der Waals surface area (Å²) >= 11 is 0. The lowest BCUT2D eigenvalue weighted by Gasteiger charge is -2.28. The Kier molecular flexibility index (Phi) is 8.82. The van der Waals surface area contributed by atoms with Crippen LogP contribution in [0.2, 0.25) is 0 Å². The number of hydrogen-bond donors (Lipinski definition) is 2. The van der Waals surface area contributed by atoms with Crippen molar-refractivity contribution in [2.75, 3.05) is 18.4 Å². The van der Waals surface area contributed by atoms with Crippen LogP contribution in [0, 0.1) is 11.8 Å². The van der Waals surface area contributed by atoms with Gasteiger partial charge in [0.25, 0.3) is 0 Å². The number of carbonyl (C=O) groups excluding carboxylic acids is 1. The normalized spacial score (nSPS) is 17.7. The largest absolute Gasteiger partial charge is 0.325 e. The quantitative estimate of drug-likeness (QED) is 0.824. The van der Waals surface area contributed by atoms with E-state index < -0.39 is 0 Å². The maximum absolute atomic E-state index is 12.2. The van der Waals surface area contributed by atoms with E-state index in [0.29, 0.717) is 29.8 Å². The van der Waals surface area contributed by atoms with Crippen molar-refractivity contribution < 1.29 is 4.79 Å². The molecule has 2 N–H and O–H groups in total. The monoisotopic (exact) mass is 386 g/mol. The molecule has 138 valence electrons. The van der Waals surface area contributed by atoms with Crippen molar-refractivity contribution in [1.82, 2.24) is 25.1 Å². The zero-order valence-electron chi connectivity index (χ0n) is 14.1. The van der Waals surface area contributed by atoms with Crippen LogP contribution < -0.4 is 10.6 Å². The Labute approximate surface area is 159 Å². The van der Waals surface area contributed by atoms with Gasteiger partial charge in [-0.05, 0) is 49.9 Å². The van der Waals surface area contributed by atoms with Crippen molar-refractivity contribution in [2.24, 2.45) is 11.8 Å². The summed E-state index contributed by atoms with van der Waals surface area (Å²) in [4.78, 5) is 20.4. The lowest BCUT2D eigenvalue weighted by molar-refractivity contribution is -0.117. The topological polar surface area (TPSA) is 84.7 Å². The van der Waals surface area contributed by atoms with Crippen molar-refractivity contribution in [3.8, 4) is 5.82 Å². The van der Waals surface area contributed by atoms with E-state index in [4.69, 9.17) is 0 Å². The molecule has 1 aliphatic rings. The lowest BCUT2D eigenvalue weighted by atomic mass is 9.85. The van der Waals surface area contributed by atoms with E-state index in [2.05, 4.69) is 32.6 Å². The summed E-state index contributed by atoms with van der Waals surface area (Å²) in [6.07, 6.45) is 7.62. The molecule has 1 fully saturated rings. The van der Waals surface area contributed by atoms with Crippen LogP contribution in [0.4, 0.5) is 5.69 Å². The minimum absolute atomic E-state index is 0. The summed E-state index contributed by atoms with van der Waals surface area (Å²) in [5, 5.41) is 10.3. The minimum Gasteiger partial charge on any atom is -0.325 e. The molecule has 1 saturated heterocycles. The molecule has 0 bridgehead atoms. The van der Waals surface area contributed by atoms with Gasteiger partial charge in [-0.3, -0.25) is 4.79 Å². The number of carbonyl (C=O) groups is 1. The highest BCUT2D eigenvalue weighted by Crippen LogP contribution is 2.23. The van der Waals surface area contributed by atoms with Gasteiger partial charge < -0.3 is 10.6 Å². The summed E-state index contributed by atoms with van der Waals surface area (Å²) in [7, 11) is 0. The number of amides is 1. The Balaban J connectivity index is 0.00000156. The summed E-state index contributed by atoms with van der Waals surface area (Å²) < 4.78 is 1.57. The fourth-order valence-electron chi connectivity index (χ4n) is 2.96. The average molecular weight is 387 g/mol. The third-order valence-electron chi connectivity index (χ3n) is 4.33. The molecular formula is C16H24Cl2N6O. The van der Waals surface area contributed by atoms with Gasteiger partial charge in [0.1, 0.15) is 12.7 Å². The molecule has 0 saturated carbocycles. The van der Waals surface area contributed by atoms with Crippen molar-refractivity contribution >= 4 is 36.4 Å². The Morgan fingerprint density at radius 1 is 1.44 bits per heavy atom. The summed E-state index contributed by atoms with van der Waals surface area (Å²) in [5.41, 5.74) is 0.702. The number of nitrogens with one attached hydrogen (secondary N) is 2. The molecular weight excluding hydrogens is 363 g/mol. The molecule has 0 spiro atoms. The van der Waals surface area contributed by atoms with Gasteiger partial charge in [0, 0.05) is 6.42 Å². The number of pyridine rings is 1. The molecule has 9 heteroatoms. The zero-order valence-corrected chi connectivity index (χ0v) is 15.7. The van der Waals surface area contributed by atoms with Crippen LogP contribution in [0.25, 0.3) is 5.82 Å². The fraction of sp³-hybridized carbons (Fsp3) is 0.500. The number of rotatable bonds is 5. The third-order valence-corrected chi connectivity index (χ3v) is 4.33. The average Bonchev–Trinajstić information content (AvgIpc) is 3.11. The Hall–Kier alpha value is -1.70. The van der Waals surface area contributed by atoms with E-state index in [1.807, 2.05) is 6.07 Å². The second-order valence-corrected chi connectivity index (χ2v) is 6.08. The van der Waals surface area contributed by atoms with E-state index in [0.717, 1.165) is 13.1 Å². The second kappa shape index (κ2) is 10.3. The number of piperidine rings is 1. The van der Waals surface area contributed by atoms with E-state index in [9.17, 15) is 4.79 Å². The highest BCUT2D eigenvalue weighted by molar-refractivity contribution is 5.90. The van der Waals surface area contributed by atoms with Crippen LogP contribution in [0.3, 0.4) is 0 Å². The van der Waals surface area contributed by atoms with E-state index in [-0.39, 0.29) is 30.7 Å². The van der Waals surface area contributed by atoms with Crippen LogP contribution in [-0.4, -0.2) is 38.7 Å². The SMILES string of the molecule is CC(CC(=O)Nc1ccc(-n2cncn2)nc1)C1CCCNC1.Cl.Cl.